The molecule has 0 spiro atoms. The molecule has 0 aliphatic rings. The van der Waals surface area contributed by atoms with E-state index in [1.54, 1.807) is 0 Å². The van der Waals surface area contributed by atoms with E-state index in [1.807, 2.05) is 11.3 Å². The molecule has 4 aromatic carbocycles. The Morgan fingerprint density at radius 3 is 2.04 bits per heavy atom. The molecular formula is C27H26S. The maximum Gasteiger partial charge on any atom is 0.0361 e. The first-order valence-corrected chi connectivity index (χ1v) is 11.3. The van der Waals surface area contributed by atoms with Crippen LogP contribution >= 0.6 is 11.3 Å². The Morgan fingerprint density at radius 2 is 1.32 bits per heavy atom. The second-order valence-electron chi connectivity index (χ2n) is 8.14. The molecule has 140 valence electrons. The molecule has 0 unspecified atom stereocenters. The molecule has 0 fully saturated rings. The maximum atomic E-state index is 2.41. The third-order valence-corrected chi connectivity index (χ3v) is 7.04. The van der Waals surface area contributed by atoms with Gasteiger partial charge in [0.2, 0.25) is 0 Å². The van der Waals surface area contributed by atoms with Crippen LogP contribution < -0.4 is 0 Å². The van der Waals surface area contributed by atoms with Crippen LogP contribution in [0.3, 0.4) is 0 Å². The topological polar surface area (TPSA) is 0 Å². The minimum absolute atomic E-state index is 1.20. The Labute approximate surface area is 170 Å². The van der Waals surface area contributed by atoms with Gasteiger partial charge in [0.25, 0.3) is 0 Å². The van der Waals surface area contributed by atoms with Crippen LogP contribution in [0.15, 0.2) is 60.7 Å². The Kier molecular flexibility index (Phi) is 4.56. The van der Waals surface area contributed by atoms with Gasteiger partial charge in [-0.05, 0) is 71.1 Å². The molecular weight excluding hydrogens is 356 g/mol. The van der Waals surface area contributed by atoms with Gasteiger partial charge in [0.05, 0.1) is 0 Å². The number of rotatable bonds is 5. The molecule has 0 N–H and O–H groups in total. The summed E-state index contributed by atoms with van der Waals surface area (Å²) in [4.78, 5) is 0. The SMILES string of the molecule is CCCCCCc1ccc2cc3c(cc2c1)sc1cc2cc(C)ccc2cc13. The monoisotopic (exact) mass is 382 g/mol. The molecule has 0 atom stereocenters. The fourth-order valence-corrected chi connectivity index (χ4v) is 5.51. The fraction of sp³-hybridized carbons (Fsp3) is 0.259. The summed E-state index contributed by atoms with van der Waals surface area (Å²) in [6, 6.07) is 23.3. The molecule has 0 bridgehead atoms. The first-order valence-electron chi connectivity index (χ1n) is 10.5. The van der Waals surface area contributed by atoms with Crippen molar-refractivity contribution in [3.05, 3.63) is 71.8 Å². The van der Waals surface area contributed by atoms with E-state index in [4.69, 9.17) is 0 Å². The van der Waals surface area contributed by atoms with E-state index in [2.05, 4.69) is 74.5 Å². The van der Waals surface area contributed by atoms with Gasteiger partial charge >= 0.3 is 0 Å². The van der Waals surface area contributed by atoms with E-state index in [1.165, 1.54) is 84.9 Å². The number of benzene rings is 4. The van der Waals surface area contributed by atoms with Crippen LogP contribution in [0, 0.1) is 6.92 Å². The summed E-state index contributed by atoms with van der Waals surface area (Å²) in [5.41, 5.74) is 2.80. The molecule has 5 rings (SSSR count). The van der Waals surface area contributed by atoms with Gasteiger partial charge < -0.3 is 0 Å². The largest absolute Gasteiger partial charge is 0.135 e. The number of aryl methyl sites for hydroxylation is 2. The third kappa shape index (κ3) is 3.18. The fourth-order valence-electron chi connectivity index (χ4n) is 4.34. The summed E-state index contributed by atoms with van der Waals surface area (Å²) in [5.74, 6) is 0. The predicted octanol–water partition coefficient (Wildman–Crippen LogP) is 8.79. The molecule has 0 radical (unpaired) electrons. The number of hydrogen-bond acceptors (Lipinski definition) is 1. The molecule has 0 saturated carbocycles. The van der Waals surface area contributed by atoms with Gasteiger partial charge in [-0.3, -0.25) is 0 Å². The summed E-state index contributed by atoms with van der Waals surface area (Å²) in [5, 5.41) is 8.20. The van der Waals surface area contributed by atoms with E-state index in [-0.39, 0.29) is 0 Å². The Morgan fingerprint density at radius 1 is 0.643 bits per heavy atom. The summed E-state index contributed by atoms with van der Waals surface area (Å²) in [7, 11) is 0. The second-order valence-corrected chi connectivity index (χ2v) is 9.23. The Hall–Kier alpha value is -2.38. The van der Waals surface area contributed by atoms with Crippen LogP contribution in [-0.2, 0) is 6.42 Å². The average molecular weight is 383 g/mol. The standard InChI is InChI=1S/C27H26S/c1-3-4-5-6-7-19-9-11-21-15-25-24-14-20-10-8-18(2)12-22(20)16-26(24)28-27(25)17-23(21)13-19/h8-17H,3-7H2,1-2H3. The zero-order valence-electron chi connectivity index (χ0n) is 16.7. The van der Waals surface area contributed by atoms with Gasteiger partial charge in [-0.15, -0.1) is 11.3 Å². The molecule has 0 amide bonds. The molecule has 1 heteroatoms. The highest BCUT2D eigenvalue weighted by atomic mass is 32.1. The van der Waals surface area contributed by atoms with Crippen molar-refractivity contribution < 1.29 is 0 Å². The van der Waals surface area contributed by atoms with E-state index >= 15 is 0 Å². The lowest BCUT2D eigenvalue weighted by Crippen LogP contribution is -1.86. The highest BCUT2D eigenvalue weighted by Crippen LogP contribution is 2.38. The number of fused-ring (bicyclic) bond motifs is 5. The number of unbranched alkanes of at least 4 members (excludes halogenated alkanes) is 3. The van der Waals surface area contributed by atoms with Crippen LogP contribution in [0.25, 0.3) is 41.7 Å². The van der Waals surface area contributed by atoms with Crippen LogP contribution in [-0.4, -0.2) is 0 Å². The third-order valence-electron chi connectivity index (χ3n) is 5.93. The maximum absolute atomic E-state index is 2.41. The predicted molar refractivity (Wildman–Crippen MR) is 127 cm³/mol. The Bertz CT molecular complexity index is 1310. The molecule has 0 aliphatic carbocycles. The lowest BCUT2D eigenvalue weighted by atomic mass is 10.00. The first kappa shape index (κ1) is 17.7. The zero-order valence-corrected chi connectivity index (χ0v) is 17.5. The Balaban J connectivity index is 1.60. The smallest absolute Gasteiger partial charge is 0.0361 e. The van der Waals surface area contributed by atoms with Gasteiger partial charge in [-0.2, -0.15) is 0 Å². The van der Waals surface area contributed by atoms with Crippen LogP contribution in [0.4, 0.5) is 0 Å². The van der Waals surface area contributed by atoms with Crippen molar-refractivity contribution in [2.45, 2.75) is 46.0 Å². The number of hydrogen-bond donors (Lipinski definition) is 0. The number of thiophene rings is 1. The first-order chi connectivity index (χ1) is 13.7. The van der Waals surface area contributed by atoms with Crippen molar-refractivity contribution in [3.63, 3.8) is 0 Å². The lowest BCUT2D eigenvalue weighted by Gasteiger charge is -2.05. The van der Waals surface area contributed by atoms with Gasteiger partial charge in [-0.25, -0.2) is 0 Å². The average Bonchev–Trinajstić information content (AvgIpc) is 3.03. The van der Waals surface area contributed by atoms with Gasteiger partial charge in [0, 0.05) is 20.2 Å². The van der Waals surface area contributed by atoms with E-state index in [0.29, 0.717) is 0 Å². The second kappa shape index (κ2) is 7.22. The van der Waals surface area contributed by atoms with Crippen molar-refractivity contribution in [1.29, 1.82) is 0 Å². The molecule has 5 aromatic rings. The van der Waals surface area contributed by atoms with Crippen molar-refractivity contribution in [1.82, 2.24) is 0 Å². The van der Waals surface area contributed by atoms with Crippen molar-refractivity contribution in [3.8, 4) is 0 Å². The molecule has 0 nitrogen and oxygen atoms in total. The van der Waals surface area contributed by atoms with E-state index < -0.39 is 0 Å². The molecule has 1 heterocycles. The molecule has 1 aromatic heterocycles. The minimum atomic E-state index is 1.20. The molecule has 28 heavy (non-hydrogen) atoms. The van der Waals surface area contributed by atoms with Crippen molar-refractivity contribution >= 4 is 53.1 Å². The lowest BCUT2D eigenvalue weighted by molar-refractivity contribution is 0.667. The van der Waals surface area contributed by atoms with Crippen molar-refractivity contribution in [2.24, 2.45) is 0 Å². The normalized spacial score (nSPS) is 11.9. The summed E-state index contributed by atoms with van der Waals surface area (Å²) >= 11 is 1.93. The van der Waals surface area contributed by atoms with Gasteiger partial charge in [-0.1, -0.05) is 68.1 Å². The molecule has 0 aliphatic heterocycles. The highest BCUT2D eigenvalue weighted by molar-refractivity contribution is 7.26. The summed E-state index contributed by atoms with van der Waals surface area (Å²) < 4.78 is 2.79. The summed E-state index contributed by atoms with van der Waals surface area (Å²) in [6.07, 6.45) is 6.50. The molecule has 0 saturated heterocycles. The van der Waals surface area contributed by atoms with Crippen LogP contribution in [0.1, 0.15) is 43.7 Å². The van der Waals surface area contributed by atoms with Crippen LogP contribution in [0.2, 0.25) is 0 Å². The zero-order chi connectivity index (χ0) is 19.1. The summed E-state index contributed by atoms with van der Waals surface area (Å²) in [6.45, 7) is 4.44. The quantitative estimate of drug-likeness (QED) is 0.266. The van der Waals surface area contributed by atoms with Crippen LogP contribution in [0.5, 0.6) is 0 Å². The van der Waals surface area contributed by atoms with E-state index in [0.717, 1.165) is 0 Å². The van der Waals surface area contributed by atoms with Crippen molar-refractivity contribution in [2.75, 3.05) is 0 Å². The minimum Gasteiger partial charge on any atom is -0.135 e. The van der Waals surface area contributed by atoms with E-state index in [9.17, 15) is 0 Å². The van der Waals surface area contributed by atoms with Gasteiger partial charge in [0.15, 0.2) is 0 Å². The highest BCUT2D eigenvalue weighted by Gasteiger charge is 2.09. The van der Waals surface area contributed by atoms with Gasteiger partial charge in [0.1, 0.15) is 0 Å².